The minimum Gasteiger partial charge on any atom is -0.386 e. The number of hydrogen-bond acceptors (Lipinski definition) is 4. The Morgan fingerprint density at radius 1 is 1.27 bits per heavy atom. The zero-order valence-electron chi connectivity index (χ0n) is 17.8. The molecule has 8 heteroatoms. The lowest BCUT2D eigenvalue weighted by atomic mass is 10.1. The maximum absolute atomic E-state index is 13.1. The zero-order valence-corrected chi connectivity index (χ0v) is 20.1. The molecule has 1 aromatic rings. The number of halogens is 2. The van der Waals surface area contributed by atoms with E-state index in [4.69, 9.17) is 9.47 Å². The van der Waals surface area contributed by atoms with Crippen LogP contribution < -0.4 is 5.32 Å². The Morgan fingerprint density at radius 2 is 2.00 bits per heavy atom. The van der Waals surface area contributed by atoms with E-state index in [1.807, 2.05) is 6.92 Å². The van der Waals surface area contributed by atoms with Gasteiger partial charge in [0.1, 0.15) is 5.82 Å². The summed E-state index contributed by atoms with van der Waals surface area (Å²) in [5.74, 6) is 0.501. The third-order valence-corrected chi connectivity index (χ3v) is 5.54. The van der Waals surface area contributed by atoms with Crippen LogP contribution in [0.5, 0.6) is 0 Å². The highest BCUT2D eigenvalue weighted by molar-refractivity contribution is 14.0. The van der Waals surface area contributed by atoms with Gasteiger partial charge >= 0.3 is 0 Å². The van der Waals surface area contributed by atoms with Crippen molar-refractivity contribution in [3.63, 3.8) is 0 Å². The molecule has 0 spiro atoms. The van der Waals surface area contributed by atoms with Crippen LogP contribution in [0.2, 0.25) is 0 Å². The molecule has 3 rings (SSSR count). The van der Waals surface area contributed by atoms with E-state index in [-0.39, 0.29) is 48.5 Å². The number of rotatable bonds is 7. The summed E-state index contributed by atoms with van der Waals surface area (Å²) < 4.78 is 24.9. The first-order valence-electron chi connectivity index (χ1n) is 10.9. The number of likely N-dealkylation sites (tertiary alicyclic amines) is 1. The number of aliphatic hydroxyl groups is 1. The lowest BCUT2D eigenvalue weighted by Gasteiger charge is -2.35. The van der Waals surface area contributed by atoms with E-state index >= 15 is 0 Å². The van der Waals surface area contributed by atoms with Gasteiger partial charge in [-0.25, -0.2) is 4.39 Å². The standard InChI is InChI=1S/C22H34FN3O3.HI/c1-2-24-22(25-15-21(27)17-6-8-18(23)9-7-17)26-12-10-19(11-13-26)29-16-20-5-3-4-14-28-20;/h6-9,19-21,27H,2-5,10-16H2,1H3,(H,24,25);1H. The Hall–Kier alpha value is -0.970. The minimum atomic E-state index is -0.749. The van der Waals surface area contributed by atoms with Crippen molar-refractivity contribution in [2.45, 2.75) is 57.3 Å². The summed E-state index contributed by atoms with van der Waals surface area (Å²) in [5, 5.41) is 13.7. The molecule has 2 saturated heterocycles. The topological polar surface area (TPSA) is 66.3 Å². The van der Waals surface area contributed by atoms with Crippen molar-refractivity contribution >= 4 is 29.9 Å². The van der Waals surface area contributed by atoms with Crippen LogP contribution in [0.3, 0.4) is 0 Å². The van der Waals surface area contributed by atoms with Crippen LogP contribution in [0.25, 0.3) is 0 Å². The summed E-state index contributed by atoms with van der Waals surface area (Å²) in [4.78, 5) is 6.83. The van der Waals surface area contributed by atoms with Gasteiger partial charge in [0.05, 0.1) is 31.5 Å². The third kappa shape index (κ3) is 7.94. The predicted octanol–water partition coefficient (Wildman–Crippen LogP) is 3.49. The molecule has 2 aliphatic heterocycles. The van der Waals surface area contributed by atoms with Gasteiger partial charge in [-0.1, -0.05) is 12.1 Å². The number of nitrogens with one attached hydrogen (secondary N) is 1. The molecular formula is C22H35FIN3O3. The van der Waals surface area contributed by atoms with E-state index in [0.717, 1.165) is 57.9 Å². The second kappa shape index (κ2) is 13.4. The number of ether oxygens (including phenoxy) is 2. The average Bonchev–Trinajstić information content (AvgIpc) is 2.76. The normalized spacial score (nSPS) is 21.8. The number of aliphatic hydroxyl groups excluding tert-OH is 1. The summed E-state index contributed by atoms with van der Waals surface area (Å²) in [5.41, 5.74) is 0.669. The number of piperidine rings is 1. The molecule has 2 unspecified atom stereocenters. The summed E-state index contributed by atoms with van der Waals surface area (Å²) in [6.45, 7) is 6.33. The Balaban J connectivity index is 0.00000320. The van der Waals surface area contributed by atoms with Crippen molar-refractivity contribution in [3.8, 4) is 0 Å². The summed E-state index contributed by atoms with van der Waals surface area (Å²) >= 11 is 0. The van der Waals surface area contributed by atoms with Crippen molar-refractivity contribution < 1.29 is 19.0 Å². The van der Waals surface area contributed by atoms with Crippen LogP contribution in [-0.4, -0.2) is 67.6 Å². The quantitative estimate of drug-likeness (QED) is 0.318. The van der Waals surface area contributed by atoms with Crippen LogP contribution in [-0.2, 0) is 9.47 Å². The summed E-state index contributed by atoms with van der Waals surface area (Å²) in [6.07, 6.45) is 5.19. The maximum Gasteiger partial charge on any atom is 0.194 e. The maximum atomic E-state index is 13.1. The van der Waals surface area contributed by atoms with Crippen molar-refractivity contribution in [1.82, 2.24) is 10.2 Å². The lowest BCUT2D eigenvalue weighted by molar-refractivity contribution is -0.0721. The summed E-state index contributed by atoms with van der Waals surface area (Å²) in [7, 11) is 0. The first-order chi connectivity index (χ1) is 14.2. The van der Waals surface area contributed by atoms with Gasteiger partial charge in [0.2, 0.25) is 0 Å². The molecule has 2 N–H and O–H groups in total. The van der Waals surface area contributed by atoms with E-state index in [1.54, 1.807) is 12.1 Å². The van der Waals surface area contributed by atoms with E-state index in [0.29, 0.717) is 12.2 Å². The Labute approximate surface area is 196 Å². The van der Waals surface area contributed by atoms with E-state index in [2.05, 4.69) is 15.2 Å². The van der Waals surface area contributed by atoms with Gasteiger partial charge in [0.15, 0.2) is 5.96 Å². The molecule has 2 aliphatic rings. The molecule has 6 nitrogen and oxygen atoms in total. The molecule has 0 aromatic heterocycles. The smallest absolute Gasteiger partial charge is 0.194 e. The monoisotopic (exact) mass is 535 g/mol. The second-order valence-corrected chi connectivity index (χ2v) is 7.77. The van der Waals surface area contributed by atoms with Crippen molar-refractivity contribution in [1.29, 1.82) is 0 Å². The highest BCUT2D eigenvalue weighted by Crippen LogP contribution is 2.19. The highest BCUT2D eigenvalue weighted by atomic mass is 127. The van der Waals surface area contributed by atoms with Crippen LogP contribution in [0.4, 0.5) is 4.39 Å². The number of nitrogens with zero attached hydrogens (tertiary/aromatic N) is 2. The number of aliphatic imine (C=N–C) groups is 1. The molecule has 2 fully saturated rings. The van der Waals surface area contributed by atoms with Crippen molar-refractivity contribution in [2.75, 3.05) is 39.4 Å². The molecular weight excluding hydrogens is 500 g/mol. The van der Waals surface area contributed by atoms with Crippen LogP contribution in [0.1, 0.15) is 50.7 Å². The third-order valence-electron chi connectivity index (χ3n) is 5.54. The molecule has 0 saturated carbocycles. The first-order valence-corrected chi connectivity index (χ1v) is 10.9. The summed E-state index contributed by atoms with van der Waals surface area (Å²) in [6, 6.07) is 5.91. The fourth-order valence-corrected chi connectivity index (χ4v) is 3.81. The molecule has 30 heavy (non-hydrogen) atoms. The lowest BCUT2D eigenvalue weighted by Crippen LogP contribution is -2.47. The Kier molecular flexibility index (Phi) is 11.3. The largest absolute Gasteiger partial charge is 0.386 e. The zero-order chi connectivity index (χ0) is 20.5. The number of benzene rings is 1. The van der Waals surface area contributed by atoms with Gasteiger partial charge in [-0.15, -0.1) is 24.0 Å². The Morgan fingerprint density at radius 3 is 2.63 bits per heavy atom. The second-order valence-electron chi connectivity index (χ2n) is 7.77. The van der Waals surface area contributed by atoms with Gasteiger partial charge in [0.25, 0.3) is 0 Å². The number of guanidine groups is 1. The molecule has 0 bridgehead atoms. The molecule has 170 valence electrons. The van der Waals surface area contributed by atoms with Gasteiger partial charge < -0.3 is 24.8 Å². The van der Waals surface area contributed by atoms with E-state index in [1.165, 1.54) is 18.6 Å². The van der Waals surface area contributed by atoms with Crippen molar-refractivity contribution in [3.05, 3.63) is 35.6 Å². The fourth-order valence-electron chi connectivity index (χ4n) is 3.81. The van der Waals surface area contributed by atoms with Crippen LogP contribution in [0, 0.1) is 5.82 Å². The van der Waals surface area contributed by atoms with Gasteiger partial charge in [0, 0.05) is 26.2 Å². The van der Waals surface area contributed by atoms with Gasteiger partial charge in [-0.05, 0) is 56.7 Å². The first kappa shape index (κ1) is 25.3. The molecule has 1 aromatic carbocycles. The number of hydrogen-bond donors (Lipinski definition) is 2. The molecule has 0 radical (unpaired) electrons. The average molecular weight is 535 g/mol. The molecule has 2 heterocycles. The molecule has 0 amide bonds. The van der Waals surface area contributed by atoms with E-state index in [9.17, 15) is 9.50 Å². The SMILES string of the molecule is CCNC(=NCC(O)c1ccc(F)cc1)N1CCC(OCC2CCCCO2)CC1.I. The molecule has 2 atom stereocenters. The van der Waals surface area contributed by atoms with Crippen molar-refractivity contribution in [2.24, 2.45) is 4.99 Å². The van der Waals surface area contributed by atoms with E-state index < -0.39 is 6.10 Å². The van der Waals surface area contributed by atoms with Crippen LogP contribution >= 0.6 is 24.0 Å². The molecule has 0 aliphatic carbocycles. The van der Waals surface area contributed by atoms with Gasteiger partial charge in [-0.2, -0.15) is 0 Å². The van der Waals surface area contributed by atoms with Crippen LogP contribution in [0.15, 0.2) is 29.3 Å². The highest BCUT2D eigenvalue weighted by Gasteiger charge is 2.24. The van der Waals surface area contributed by atoms with Gasteiger partial charge in [-0.3, -0.25) is 4.99 Å². The predicted molar refractivity (Wildman–Crippen MR) is 127 cm³/mol. The fraction of sp³-hybridized carbons (Fsp3) is 0.682. The Bertz CT molecular complexity index is 633. The minimum absolute atomic E-state index is 0.